The number of nitrogens with zero attached hydrogens (tertiary/aromatic N) is 6. The quantitative estimate of drug-likeness (QED) is 0.162. The molecule has 6 rings (SSSR count). The molecule has 0 radical (unpaired) electrons. The number of likely N-dealkylation sites (tertiary alicyclic amines) is 1. The van der Waals surface area contributed by atoms with Crippen LogP contribution in [0.3, 0.4) is 0 Å². The number of rotatable bonds is 7. The van der Waals surface area contributed by atoms with E-state index < -0.39 is 11.9 Å². The first-order valence-corrected chi connectivity index (χ1v) is 16.6. The maximum absolute atomic E-state index is 14.0. The van der Waals surface area contributed by atoms with Crippen LogP contribution in [0.4, 0.5) is 21.5 Å². The fourth-order valence-electron chi connectivity index (χ4n) is 5.87. The second kappa shape index (κ2) is 13.5. The monoisotopic (exact) mass is 710 g/mol. The van der Waals surface area contributed by atoms with Gasteiger partial charge in [0.05, 0.1) is 55.8 Å². The molecular weight excluding hydrogens is 681 g/mol. The first-order valence-electron chi connectivity index (χ1n) is 15.0. The Labute approximate surface area is 292 Å². The second-order valence-electron chi connectivity index (χ2n) is 12.5. The molecule has 242 valence electrons. The number of anilines is 3. The number of piperidine rings is 1. The minimum Gasteiger partial charge on any atom is -0.373 e. The molecule has 0 bridgehead atoms. The van der Waals surface area contributed by atoms with Gasteiger partial charge in [0, 0.05) is 40.9 Å². The Balaban J connectivity index is 1.37. The Morgan fingerprint density at radius 1 is 1.00 bits per heavy atom. The first kappa shape index (κ1) is 33.3. The minimum absolute atomic E-state index is 0.0177. The normalized spacial score (nSPS) is 15.0. The van der Waals surface area contributed by atoms with Gasteiger partial charge >= 0.3 is 0 Å². The number of pyridine rings is 1. The predicted molar refractivity (Wildman–Crippen MR) is 188 cm³/mol. The van der Waals surface area contributed by atoms with Gasteiger partial charge in [0.25, 0.3) is 0 Å². The zero-order valence-corrected chi connectivity index (χ0v) is 28.9. The van der Waals surface area contributed by atoms with Gasteiger partial charge in [-0.05, 0) is 75.6 Å². The molecule has 1 fully saturated rings. The average Bonchev–Trinajstić information content (AvgIpc) is 3.54. The van der Waals surface area contributed by atoms with Gasteiger partial charge in [0.2, 0.25) is 0 Å². The second-order valence-corrected chi connectivity index (χ2v) is 14.1. The SMILES string of the molecule is CC(C)(C)N1CCC(n2cc(C(Nc3cc(Cl)c4ncc(C#N)c(Nc5ccc(F)c(Cl)c5Cl)c4c3)c3ccc(Cl)cc3)nn2)CC1. The zero-order chi connectivity index (χ0) is 33.5. The minimum atomic E-state index is -0.655. The number of nitriles is 1. The lowest BCUT2D eigenvalue weighted by molar-refractivity contribution is 0.0866. The number of halogens is 5. The molecule has 1 aliphatic heterocycles. The highest BCUT2D eigenvalue weighted by molar-refractivity contribution is 6.44. The van der Waals surface area contributed by atoms with E-state index in [0.29, 0.717) is 38.0 Å². The summed E-state index contributed by atoms with van der Waals surface area (Å²) in [5.74, 6) is -0.655. The van der Waals surface area contributed by atoms with Crippen LogP contribution in [0.2, 0.25) is 20.1 Å². The van der Waals surface area contributed by atoms with Crippen LogP contribution in [0.25, 0.3) is 10.9 Å². The molecule has 1 saturated heterocycles. The molecule has 1 unspecified atom stereocenters. The maximum Gasteiger partial charge on any atom is 0.143 e. The number of hydrogen-bond donors (Lipinski definition) is 2. The van der Waals surface area contributed by atoms with Crippen LogP contribution in [0.1, 0.15) is 62.5 Å². The molecule has 8 nitrogen and oxygen atoms in total. The third kappa shape index (κ3) is 6.99. The molecule has 3 heterocycles. The van der Waals surface area contributed by atoms with Gasteiger partial charge in [-0.3, -0.25) is 9.88 Å². The third-order valence-corrected chi connectivity index (χ3v) is 9.86. The van der Waals surface area contributed by atoms with Gasteiger partial charge < -0.3 is 10.6 Å². The van der Waals surface area contributed by atoms with E-state index in [9.17, 15) is 9.65 Å². The predicted octanol–water partition coefficient (Wildman–Crippen LogP) is 9.83. The first-order chi connectivity index (χ1) is 22.4. The molecule has 0 spiro atoms. The van der Waals surface area contributed by atoms with E-state index in [1.54, 1.807) is 6.07 Å². The average molecular weight is 712 g/mol. The van der Waals surface area contributed by atoms with Crippen molar-refractivity contribution in [3.63, 3.8) is 0 Å². The van der Waals surface area contributed by atoms with Crippen molar-refractivity contribution in [2.24, 2.45) is 0 Å². The van der Waals surface area contributed by atoms with Gasteiger partial charge in [-0.2, -0.15) is 5.26 Å². The van der Waals surface area contributed by atoms with E-state index in [1.165, 1.54) is 18.3 Å². The molecule has 2 aromatic heterocycles. The molecule has 3 aromatic carbocycles. The highest BCUT2D eigenvalue weighted by atomic mass is 35.5. The lowest BCUT2D eigenvalue weighted by Gasteiger charge is -2.40. The Hall–Kier alpha value is -3.65. The summed E-state index contributed by atoms with van der Waals surface area (Å²) >= 11 is 25.5. The summed E-state index contributed by atoms with van der Waals surface area (Å²) in [6.45, 7) is 8.70. The molecule has 1 atom stereocenters. The van der Waals surface area contributed by atoms with Gasteiger partial charge in [-0.1, -0.05) is 63.7 Å². The van der Waals surface area contributed by atoms with E-state index in [1.807, 2.05) is 41.2 Å². The summed E-state index contributed by atoms with van der Waals surface area (Å²) in [6.07, 6.45) is 5.37. The number of fused-ring (bicyclic) bond motifs is 1. The van der Waals surface area contributed by atoms with Crippen LogP contribution in [-0.2, 0) is 0 Å². The number of aromatic nitrogens is 4. The number of nitrogens with one attached hydrogen (secondary N) is 2. The number of benzene rings is 3. The van der Waals surface area contributed by atoms with Gasteiger partial charge in [0.15, 0.2) is 0 Å². The summed E-state index contributed by atoms with van der Waals surface area (Å²) in [5.41, 5.74) is 3.80. The van der Waals surface area contributed by atoms with Gasteiger partial charge in [-0.25, -0.2) is 9.07 Å². The molecule has 0 amide bonds. The van der Waals surface area contributed by atoms with Crippen molar-refractivity contribution in [3.8, 4) is 6.07 Å². The highest BCUT2D eigenvalue weighted by Gasteiger charge is 2.29. The summed E-state index contributed by atoms with van der Waals surface area (Å²) in [6, 6.07) is 15.8. The molecule has 47 heavy (non-hydrogen) atoms. The van der Waals surface area contributed by atoms with Crippen molar-refractivity contribution in [3.05, 3.63) is 104 Å². The largest absolute Gasteiger partial charge is 0.373 e. The van der Waals surface area contributed by atoms with Gasteiger partial charge in [0.1, 0.15) is 17.6 Å². The topological polar surface area (TPSA) is 94.7 Å². The third-order valence-electron chi connectivity index (χ3n) is 8.47. The zero-order valence-electron chi connectivity index (χ0n) is 25.8. The smallest absolute Gasteiger partial charge is 0.143 e. The van der Waals surface area contributed by atoms with Crippen molar-refractivity contribution < 1.29 is 4.39 Å². The molecule has 1 aliphatic rings. The Kier molecular flexibility index (Phi) is 9.52. The van der Waals surface area contributed by atoms with Crippen molar-refractivity contribution in [1.29, 1.82) is 5.26 Å². The molecule has 2 N–H and O–H groups in total. The summed E-state index contributed by atoms with van der Waals surface area (Å²) in [7, 11) is 0. The van der Waals surface area contributed by atoms with Crippen LogP contribution in [0, 0.1) is 17.1 Å². The van der Waals surface area contributed by atoms with E-state index in [4.69, 9.17) is 46.4 Å². The summed E-state index contributed by atoms with van der Waals surface area (Å²) in [4.78, 5) is 6.94. The van der Waals surface area contributed by atoms with E-state index in [0.717, 1.165) is 37.2 Å². The molecule has 0 saturated carbocycles. The molecule has 13 heteroatoms. The van der Waals surface area contributed by atoms with Crippen LogP contribution >= 0.6 is 46.4 Å². The Morgan fingerprint density at radius 2 is 1.72 bits per heavy atom. The summed E-state index contributed by atoms with van der Waals surface area (Å²) in [5, 5.41) is 27.1. The summed E-state index contributed by atoms with van der Waals surface area (Å²) < 4.78 is 16.0. The molecule has 5 aromatic rings. The highest BCUT2D eigenvalue weighted by Crippen LogP contribution is 2.40. The lowest BCUT2D eigenvalue weighted by Crippen LogP contribution is -2.46. The lowest BCUT2D eigenvalue weighted by atomic mass is 9.98. The molecular formula is C34H31Cl4FN8. The van der Waals surface area contributed by atoms with Crippen molar-refractivity contribution in [2.75, 3.05) is 23.7 Å². The van der Waals surface area contributed by atoms with Crippen molar-refractivity contribution in [2.45, 2.75) is 51.2 Å². The van der Waals surface area contributed by atoms with Crippen molar-refractivity contribution in [1.82, 2.24) is 24.9 Å². The van der Waals surface area contributed by atoms with E-state index in [2.05, 4.69) is 57.7 Å². The van der Waals surface area contributed by atoms with Crippen molar-refractivity contribution >= 4 is 74.4 Å². The Morgan fingerprint density at radius 3 is 2.40 bits per heavy atom. The Bertz CT molecular complexity index is 1980. The van der Waals surface area contributed by atoms with E-state index >= 15 is 0 Å². The van der Waals surface area contributed by atoms with Crippen LogP contribution in [0.15, 0.2) is 60.9 Å². The van der Waals surface area contributed by atoms with Crippen LogP contribution in [-0.4, -0.2) is 43.5 Å². The van der Waals surface area contributed by atoms with E-state index in [-0.39, 0.29) is 27.2 Å². The molecule has 0 aliphatic carbocycles. The maximum atomic E-state index is 14.0. The van der Waals surface area contributed by atoms with Gasteiger partial charge in [-0.15, -0.1) is 5.10 Å². The fraction of sp³-hybridized carbons (Fsp3) is 0.294. The fourth-order valence-corrected chi connectivity index (χ4v) is 6.63. The standard InChI is InChI=1S/C34H31Cl4FN8/c1-34(2,3)46-12-10-23(11-13-46)47-18-28(44-45-47)32(19-4-6-21(35)7-5-19)42-22-14-24-31(20(16-40)17-41-33(24)25(36)15-22)43-27-9-8-26(39)29(37)30(27)38/h4-9,14-15,17-18,23,32,42H,10-13H2,1-3H3,(H,41,43). The number of hydrogen-bond acceptors (Lipinski definition) is 7. The van der Waals surface area contributed by atoms with Crippen LogP contribution in [0.5, 0.6) is 0 Å². The van der Waals surface area contributed by atoms with Crippen LogP contribution < -0.4 is 10.6 Å².